The minimum Gasteiger partial charge on any atom is -0.355 e. The number of nitrogens with one attached hydrogen (secondary N) is 1. The summed E-state index contributed by atoms with van der Waals surface area (Å²) >= 11 is 1.45. The highest BCUT2D eigenvalue weighted by molar-refractivity contribution is 7.17. The smallest absolute Gasteiger partial charge is 0.278 e. The van der Waals surface area contributed by atoms with Crippen LogP contribution in [0.4, 0.5) is 5.00 Å². The molecule has 0 atom stereocenters. The Kier molecular flexibility index (Phi) is 5.59. The number of anilines is 1. The lowest BCUT2D eigenvalue weighted by Crippen LogP contribution is -2.11. The standard InChI is InChI=1S/C26H22N4O3S/c1-14-5-9-18(10-6-14)21-13-20(29-32-21)24(31)28-26-22(16(3)17(4)34-26)25-27-23(30-33-25)19-11-7-15(2)8-12-19/h5-13H,1-4H3,(H,28,31). The van der Waals surface area contributed by atoms with E-state index in [1.807, 2.05) is 76.2 Å². The van der Waals surface area contributed by atoms with Gasteiger partial charge in [-0.15, -0.1) is 11.3 Å². The number of aryl methyl sites for hydroxylation is 3. The molecule has 8 heteroatoms. The maximum atomic E-state index is 13.0. The minimum atomic E-state index is -0.372. The van der Waals surface area contributed by atoms with E-state index in [0.717, 1.165) is 32.7 Å². The van der Waals surface area contributed by atoms with E-state index in [0.29, 0.717) is 28.0 Å². The van der Waals surface area contributed by atoms with E-state index in [1.54, 1.807) is 6.07 Å². The number of benzene rings is 2. The first-order valence-corrected chi connectivity index (χ1v) is 11.6. The Labute approximate surface area is 200 Å². The van der Waals surface area contributed by atoms with Crippen LogP contribution in [0.3, 0.4) is 0 Å². The number of aromatic nitrogens is 3. The van der Waals surface area contributed by atoms with Crippen LogP contribution < -0.4 is 5.32 Å². The number of carbonyl (C=O) groups is 1. The van der Waals surface area contributed by atoms with Gasteiger partial charge in [0.15, 0.2) is 11.5 Å². The van der Waals surface area contributed by atoms with Crippen LogP contribution in [0, 0.1) is 27.7 Å². The normalized spacial score (nSPS) is 11.1. The maximum absolute atomic E-state index is 13.0. The third kappa shape index (κ3) is 4.15. The van der Waals surface area contributed by atoms with Crippen molar-refractivity contribution >= 4 is 22.2 Å². The average Bonchev–Trinajstić information content (AvgIpc) is 3.55. The van der Waals surface area contributed by atoms with Gasteiger partial charge in [-0.05, 0) is 33.3 Å². The Morgan fingerprint density at radius 1 is 0.853 bits per heavy atom. The van der Waals surface area contributed by atoms with Crippen LogP contribution in [0.15, 0.2) is 63.6 Å². The van der Waals surface area contributed by atoms with Crippen molar-refractivity contribution in [2.45, 2.75) is 27.7 Å². The fraction of sp³-hybridized carbons (Fsp3) is 0.154. The van der Waals surface area contributed by atoms with Crippen molar-refractivity contribution in [1.82, 2.24) is 15.3 Å². The van der Waals surface area contributed by atoms with Gasteiger partial charge in [0.1, 0.15) is 5.00 Å². The van der Waals surface area contributed by atoms with Gasteiger partial charge in [0, 0.05) is 22.1 Å². The Hall–Kier alpha value is -4.04. The summed E-state index contributed by atoms with van der Waals surface area (Å²) < 4.78 is 11.0. The summed E-state index contributed by atoms with van der Waals surface area (Å²) in [5.74, 6) is 1.01. The third-order valence-electron chi connectivity index (χ3n) is 5.64. The van der Waals surface area contributed by atoms with E-state index >= 15 is 0 Å². The summed E-state index contributed by atoms with van der Waals surface area (Å²) in [6.07, 6.45) is 0. The Bertz CT molecular complexity index is 1480. The zero-order valence-corrected chi connectivity index (χ0v) is 20.0. The van der Waals surface area contributed by atoms with Crippen LogP contribution >= 0.6 is 11.3 Å². The Morgan fingerprint density at radius 3 is 2.18 bits per heavy atom. The van der Waals surface area contributed by atoms with Gasteiger partial charge in [0.05, 0.1) is 5.56 Å². The Balaban J connectivity index is 1.42. The molecule has 0 aliphatic rings. The molecule has 0 aliphatic heterocycles. The fourth-order valence-corrected chi connectivity index (χ4v) is 4.57. The lowest BCUT2D eigenvalue weighted by Gasteiger charge is -2.02. The Morgan fingerprint density at radius 2 is 1.50 bits per heavy atom. The number of hydrogen-bond acceptors (Lipinski definition) is 7. The quantitative estimate of drug-likeness (QED) is 0.311. The van der Waals surface area contributed by atoms with Crippen LogP contribution in [0.25, 0.3) is 34.2 Å². The summed E-state index contributed by atoms with van der Waals surface area (Å²) in [5, 5.41) is 11.7. The van der Waals surface area contributed by atoms with E-state index in [-0.39, 0.29) is 11.6 Å². The van der Waals surface area contributed by atoms with Crippen LogP contribution in [0.5, 0.6) is 0 Å². The van der Waals surface area contributed by atoms with E-state index in [1.165, 1.54) is 11.3 Å². The molecular formula is C26H22N4O3S. The molecule has 5 aromatic rings. The van der Waals surface area contributed by atoms with Gasteiger partial charge in [-0.3, -0.25) is 4.79 Å². The van der Waals surface area contributed by atoms with Crippen LogP contribution in [-0.4, -0.2) is 21.2 Å². The zero-order valence-electron chi connectivity index (χ0n) is 19.2. The molecule has 0 bridgehead atoms. The van der Waals surface area contributed by atoms with Crippen LogP contribution in [0.1, 0.15) is 32.1 Å². The highest BCUT2D eigenvalue weighted by Crippen LogP contribution is 2.40. The van der Waals surface area contributed by atoms with E-state index < -0.39 is 0 Å². The van der Waals surface area contributed by atoms with E-state index in [2.05, 4.69) is 20.6 Å². The lowest BCUT2D eigenvalue weighted by atomic mass is 10.1. The van der Waals surface area contributed by atoms with Crippen molar-refractivity contribution < 1.29 is 13.8 Å². The second-order valence-corrected chi connectivity index (χ2v) is 9.40. The maximum Gasteiger partial charge on any atom is 0.278 e. The average molecular weight is 471 g/mol. The van der Waals surface area contributed by atoms with Gasteiger partial charge in [0.2, 0.25) is 5.82 Å². The van der Waals surface area contributed by atoms with Crippen molar-refractivity contribution in [2.75, 3.05) is 5.32 Å². The van der Waals surface area contributed by atoms with Gasteiger partial charge in [-0.25, -0.2) is 0 Å². The fourth-order valence-electron chi connectivity index (χ4n) is 3.52. The molecule has 5 rings (SSSR count). The zero-order chi connectivity index (χ0) is 23.8. The predicted molar refractivity (Wildman–Crippen MR) is 132 cm³/mol. The van der Waals surface area contributed by atoms with Crippen molar-refractivity contribution in [1.29, 1.82) is 0 Å². The molecule has 0 saturated carbocycles. The summed E-state index contributed by atoms with van der Waals surface area (Å²) in [4.78, 5) is 18.6. The number of thiophene rings is 1. The SMILES string of the molecule is Cc1ccc(-c2noc(-c3c(NC(=O)c4cc(-c5ccc(C)cc5)on4)sc(C)c3C)n2)cc1. The second kappa shape index (κ2) is 8.72. The second-order valence-electron chi connectivity index (χ2n) is 8.17. The van der Waals surface area contributed by atoms with Crippen molar-refractivity contribution in [3.63, 3.8) is 0 Å². The molecule has 0 unspecified atom stereocenters. The monoisotopic (exact) mass is 470 g/mol. The van der Waals surface area contributed by atoms with Gasteiger partial charge < -0.3 is 14.4 Å². The first-order valence-electron chi connectivity index (χ1n) is 10.8. The van der Waals surface area contributed by atoms with Crippen molar-refractivity contribution in [2.24, 2.45) is 0 Å². The molecule has 1 N–H and O–H groups in total. The number of hydrogen-bond donors (Lipinski definition) is 1. The van der Waals surface area contributed by atoms with Gasteiger partial charge >= 0.3 is 0 Å². The van der Waals surface area contributed by atoms with Crippen molar-refractivity contribution in [3.05, 3.63) is 81.9 Å². The molecule has 2 aromatic carbocycles. The van der Waals surface area contributed by atoms with Crippen LogP contribution in [-0.2, 0) is 0 Å². The number of amides is 1. The van der Waals surface area contributed by atoms with Crippen molar-refractivity contribution in [3.8, 4) is 34.2 Å². The number of carbonyl (C=O) groups excluding carboxylic acids is 1. The molecule has 3 heterocycles. The van der Waals surface area contributed by atoms with Gasteiger partial charge in [0.25, 0.3) is 11.8 Å². The third-order valence-corrected chi connectivity index (χ3v) is 6.76. The summed E-state index contributed by atoms with van der Waals surface area (Å²) in [5.41, 5.74) is 5.89. The first kappa shape index (κ1) is 21.8. The van der Waals surface area contributed by atoms with E-state index in [4.69, 9.17) is 9.05 Å². The molecule has 3 aromatic heterocycles. The molecule has 0 fully saturated rings. The first-order chi connectivity index (χ1) is 16.4. The molecule has 0 radical (unpaired) electrons. The molecule has 0 saturated heterocycles. The van der Waals surface area contributed by atoms with Gasteiger partial charge in [-0.2, -0.15) is 4.98 Å². The highest BCUT2D eigenvalue weighted by atomic mass is 32.1. The molecule has 34 heavy (non-hydrogen) atoms. The molecule has 7 nitrogen and oxygen atoms in total. The molecule has 1 amide bonds. The summed E-state index contributed by atoms with van der Waals surface area (Å²) in [6, 6.07) is 17.4. The summed E-state index contributed by atoms with van der Waals surface area (Å²) in [7, 11) is 0. The van der Waals surface area contributed by atoms with Gasteiger partial charge in [-0.1, -0.05) is 70.0 Å². The van der Waals surface area contributed by atoms with E-state index in [9.17, 15) is 4.79 Å². The molecular weight excluding hydrogens is 448 g/mol. The largest absolute Gasteiger partial charge is 0.355 e. The topological polar surface area (TPSA) is 94.1 Å². The molecule has 170 valence electrons. The number of nitrogens with zero attached hydrogens (tertiary/aromatic N) is 3. The summed E-state index contributed by atoms with van der Waals surface area (Å²) in [6.45, 7) is 8.00. The molecule has 0 aliphatic carbocycles. The van der Waals surface area contributed by atoms with Crippen LogP contribution in [0.2, 0.25) is 0 Å². The molecule has 0 spiro atoms. The lowest BCUT2D eigenvalue weighted by molar-refractivity contribution is 0.101. The number of rotatable bonds is 5. The predicted octanol–water partition coefficient (Wildman–Crippen LogP) is 6.61. The highest BCUT2D eigenvalue weighted by Gasteiger charge is 2.23. The minimum absolute atomic E-state index is 0.191.